The van der Waals surface area contributed by atoms with Gasteiger partial charge in [0.1, 0.15) is 0 Å². The molecule has 2 unspecified atom stereocenters. The van der Waals surface area contributed by atoms with Gasteiger partial charge in [-0.3, -0.25) is 0 Å². The molecule has 0 aromatic heterocycles. The highest BCUT2D eigenvalue weighted by atomic mass is 35.5. The van der Waals surface area contributed by atoms with Gasteiger partial charge in [0.05, 0.1) is 0 Å². The van der Waals surface area contributed by atoms with E-state index in [1.165, 1.54) is 57.4 Å². The summed E-state index contributed by atoms with van der Waals surface area (Å²) < 4.78 is 0. The zero-order valence-electron chi connectivity index (χ0n) is 13.1. The molecule has 116 valence electrons. The summed E-state index contributed by atoms with van der Waals surface area (Å²) in [4.78, 5) is 2.62. The maximum atomic E-state index is 6.07. The summed E-state index contributed by atoms with van der Waals surface area (Å²) >= 11 is 6.07. The molecule has 1 aromatic rings. The minimum absolute atomic E-state index is 0.489. The highest BCUT2D eigenvalue weighted by molar-refractivity contribution is 6.30. The van der Waals surface area contributed by atoms with Crippen LogP contribution in [0.2, 0.25) is 5.02 Å². The Balaban J connectivity index is 1.84. The van der Waals surface area contributed by atoms with Gasteiger partial charge < -0.3 is 10.2 Å². The summed E-state index contributed by atoms with van der Waals surface area (Å²) in [6, 6.07) is 8.58. The molecule has 3 rings (SSSR count). The Bertz CT molecular complexity index is 459. The Hall–Kier alpha value is -0.570. The summed E-state index contributed by atoms with van der Waals surface area (Å²) in [5.41, 5.74) is 1.96. The van der Waals surface area contributed by atoms with Crippen molar-refractivity contribution in [2.45, 2.75) is 38.5 Å². The molecule has 0 amide bonds. The lowest BCUT2D eigenvalue weighted by Gasteiger charge is -2.45. The van der Waals surface area contributed by atoms with Crippen molar-refractivity contribution < 1.29 is 0 Å². The number of likely N-dealkylation sites (tertiary alicyclic amines) is 1. The van der Waals surface area contributed by atoms with E-state index in [2.05, 4.69) is 29.3 Å². The van der Waals surface area contributed by atoms with Crippen LogP contribution in [0.1, 0.15) is 44.1 Å². The van der Waals surface area contributed by atoms with Crippen molar-refractivity contribution in [2.24, 2.45) is 5.41 Å². The highest BCUT2D eigenvalue weighted by Crippen LogP contribution is 2.48. The molecule has 0 bridgehead atoms. The standard InChI is InChI=1S/C18H27ClN2/c1-2-21-12-3-8-18(10-13-21)9-11-20-14-17(18)15-4-6-16(19)7-5-15/h4-7,17,20H,2-3,8-14H2,1H3. The van der Waals surface area contributed by atoms with E-state index >= 15 is 0 Å². The monoisotopic (exact) mass is 306 g/mol. The van der Waals surface area contributed by atoms with Crippen molar-refractivity contribution >= 4 is 11.6 Å². The minimum Gasteiger partial charge on any atom is -0.316 e. The first-order chi connectivity index (χ1) is 10.2. The molecule has 2 nitrogen and oxygen atoms in total. The average Bonchev–Trinajstić information content (AvgIpc) is 2.72. The van der Waals surface area contributed by atoms with Crippen molar-refractivity contribution in [3.63, 3.8) is 0 Å². The molecule has 0 aliphatic carbocycles. The molecule has 1 aromatic carbocycles. The molecular formula is C18H27ClN2. The number of rotatable bonds is 2. The van der Waals surface area contributed by atoms with E-state index in [0.717, 1.165) is 11.6 Å². The van der Waals surface area contributed by atoms with Gasteiger partial charge in [-0.1, -0.05) is 30.7 Å². The van der Waals surface area contributed by atoms with E-state index in [9.17, 15) is 0 Å². The van der Waals surface area contributed by atoms with E-state index < -0.39 is 0 Å². The molecule has 2 aliphatic rings. The number of hydrogen-bond acceptors (Lipinski definition) is 2. The Morgan fingerprint density at radius 2 is 2.00 bits per heavy atom. The van der Waals surface area contributed by atoms with Crippen LogP contribution in [0.4, 0.5) is 0 Å². The second-order valence-corrected chi connectivity index (χ2v) is 7.14. The number of hydrogen-bond donors (Lipinski definition) is 1. The second-order valence-electron chi connectivity index (χ2n) is 6.71. The number of nitrogens with zero attached hydrogens (tertiary/aromatic N) is 1. The van der Waals surface area contributed by atoms with E-state index in [0.29, 0.717) is 11.3 Å². The summed E-state index contributed by atoms with van der Waals surface area (Å²) in [6.07, 6.45) is 5.38. The summed E-state index contributed by atoms with van der Waals surface area (Å²) in [5.74, 6) is 0.639. The van der Waals surface area contributed by atoms with Crippen molar-refractivity contribution in [1.29, 1.82) is 0 Å². The molecule has 0 radical (unpaired) electrons. The average molecular weight is 307 g/mol. The van der Waals surface area contributed by atoms with Crippen LogP contribution in [0.3, 0.4) is 0 Å². The second kappa shape index (κ2) is 6.68. The van der Waals surface area contributed by atoms with Crippen LogP contribution < -0.4 is 5.32 Å². The third kappa shape index (κ3) is 3.28. The molecule has 2 saturated heterocycles. The normalized spacial score (nSPS) is 31.2. The third-order valence-corrected chi connectivity index (χ3v) is 5.93. The van der Waals surface area contributed by atoms with Gasteiger partial charge in [-0.05, 0) is 75.0 Å². The predicted octanol–water partition coefficient (Wildman–Crippen LogP) is 3.91. The number of piperidine rings is 1. The maximum absolute atomic E-state index is 6.07. The Morgan fingerprint density at radius 3 is 2.76 bits per heavy atom. The zero-order valence-corrected chi connectivity index (χ0v) is 13.8. The van der Waals surface area contributed by atoms with Crippen LogP contribution in [0.5, 0.6) is 0 Å². The van der Waals surface area contributed by atoms with E-state index in [1.54, 1.807) is 0 Å². The third-order valence-electron chi connectivity index (χ3n) is 5.68. The topological polar surface area (TPSA) is 15.3 Å². The van der Waals surface area contributed by atoms with Crippen molar-refractivity contribution in [1.82, 2.24) is 10.2 Å². The van der Waals surface area contributed by atoms with E-state index in [4.69, 9.17) is 11.6 Å². The van der Waals surface area contributed by atoms with Gasteiger partial charge in [-0.15, -0.1) is 0 Å². The fourth-order valence-corrected chi connectivity index (χ4v) is 4.45. The molecule has 3 heteroatoms. The largest absolute Gasteiger partial charge is 0.316 e. The first-order valence-electron chi connectivity index (χ1n) is 8.42. The van der Waals surface area contributed by atoms with E-state index in [1.807, 2.05) is 12.1 Å². The first kappa shape index (κ1) is 15.3. The van der Waals surface area contributed by atoms with E-state index in [-0.39, 0.29) is 0 Å². The van der Waals surface area contributed by atoms with Gasteiger partial charge >= 0.3 is 0 Å². The smallest absolute Gasteiger partial charge is 0.0406 e. The number of nitrogens with one attached hydrogen (secondary N) is 1. The Labute approximate surface area is 133 Å². The quantitative estimate of drug-likeness (QED) is 0.891. The Kier molecular flexibility index (Phi) is 4.88. The van der Waals surface area contributed by atoms with Crippen molar-refractivity contribution in [3.8, 4) is 0 Å². The fraction of sp³-hybridized carbons (Fsp3) is 0.667. The molecule has 1 N–H and O–H groups in total. The van der Waals surface area contributed by atoms with Crippen LogP contribution in [0.15, 0.2) is 24.3 Å². The van der Waals surface area contributed by atoms with Gasteiger partial charge in [0.25, 0.3) is 0 Å². The van der Waals surface area contributed by atoms with Crippen molar-refractivity contribution in [2.75, 3.05) is 32.7 Å². The predicted molar refractivity (Wildman–Crippen MR) is 90.1 cm³/mol. The lowest BCUT2D eigenvalue weighted by molar-refractivity contribution is 0.135. The van der Waals surface area contributed by atoms with Crippen LogP contribution in [-0.4, -0.2) is 37.6 Å². The van der Waals surface area contributed by atoms with Crippen LogP contribution in [0.25, 0.3) is 0 Å². The highest BCUT2D eigenvalue weighted by Gasteiger charge is 2.41. The molecule has 2 heterocycles. The molecular weight excluding hydrogens is 280 g/mol. The maximum Gasteiger partial charge on any atom is 0.0406 e. The lowest BCUT2D eigenvalue weighted by atomic mass is 9.64. The molecule has 2 fully saturated rings. The lowest BCUT2D eigenvalue weighted by Crippen LogP contribution is -2.44. The minimum atomic E-state index is 0.489. The molecule has 2 atom stereocenters. The van der Waals surface area contributed by atoms with Gasteiger partial charge in [0.15, 0.2) is 0 Å². The van der Waals surface area contributed by atoms with Crippen LogP contribution in [0, 0.1) is 5.41 Å². The van der Waals surface area contributed by atoms with Gasteiger partial charge in [-0.2, -0.15) is 0 Å². The SMILES string of the molecule is CCN1CCCC2(CCNCC2c2ccc(Cl)cc2)CC1. The van der Waals surface area contributed by atoms with Crippen LogP contribution in [-0.2, 0) is 0 Å². The fourth-order valence-electron chi connectivity index (χ4n) is 4.33. The summed E-state index contributed by atoms with van der Waals surface area (Å²) in [7, 11) is 0. The van der Waals surface area contributed by atoms with Gasteiger partial charge in [0, 0.05) is 17.5 Å². The first-order valence-corrected chi connectivity index (χ1v) is 8.80. The van der Waals surface area contributed by atoms with Gasteiger partial charge in [0.2, 0.25) is 0 Å². The summed E-state index contributed by atoms with van der Waals surface area (Å²) in [6.45, 7) is 8.32. The Morgan fingerprint density at radius 1 is 1.19 bits per heavy atom. The number of benzene rings is 1. The zero-order chi connectivity index (χ0) is 14.7. The van der Waals surface area contributed by atoms with Crippen molar-refractivity contribution in [3.05, 3.63) is 34.9 Å². The number of halogens is 1. The summed E-state index contributed by atoms with van der Waals surface area (Å²) in [5, 5.41) is 4.46. The van der Waals surface area contributed by atoms with Gasteiger partial charge in [-0.25, -0.2) is 0 Å². The molecule has 0 saturated carbocycles. The van der Waals surface area contributed by atoms with Crippen LogP contribution >= 0.6 is 11.6 Å². The molecule has 21 heavy (non-hydrogen) atoms. The molecule has 2 aliphatic heterocycles. The molecule has 1 spiro atoms.